The normalized spacial score (nSPS) is 11.1. The second-order valence-corrected chi connectivity index (χ2v) is 7.47. The van der Waals surface area contributed by atoms with E-state index in [1.54, 1.807) is 0 Å². The Hall–Kier alpha value is -1.83. The lowest BCUT2D eigenvalue weighted by Crippen LogP contribution is -2.28. The highest BCUT2D eigenvalue weighted by Crippen LogP contribution is 2.00. The predicted octanol–water partition coefficient (Wildman–Crippen LogP) is 2.07. The van der Waals surface area contributed by atoms with Crippen LogP contribution in [0.4, 0.5) is 4.79 Å². The van der Waals surface area contributed by atoms with E-state index >= 15 is 0 Å². The Labute approximate surface area is 220 Å². The minimum absolute atomic E-state index is 0.244. The number of nitrogens with one attached hydrogen (secondary N) is 1. The van der Waals surface area contributed by atoms with Gasteiger partial charge in [0, 0.05) is 13.2 Å². The summed E-state index contributed by atoms with van der Waals surface area (Å²) in [5.74, 6) is 0. The molecule has 0 atom stereocenters. The van der Waals surface area contributed by atoms with Crippen LogP contribution in [0.15, 0.2) is 30.3 Å². The van der Waals surface area contributed by atoms with Crippen molar-refractivity contribution in [1.29, 1.82) is 0 Å². The number of benzene rings is 1. The van der Waals surface area contributed by atoms with Gasteiger partial charge in [0.05, 0.1) is 99.1 Å². The van der Waals surface area contributed by atoms with Crippen LogP contribution in [0.3, 0.4) is 0 Å². The molecule has 1 amide bonds. The second kappa shape index (κ2) is 27.2. The van der Waals surface area contributed by atoms with Crippen LogP contribution in [-0.4, -0.2) is 118 Å². The van der Waals surface area contributed by atoms with Crippen molar-refractivity contribution in [2.24, 2.45) is 0 Å². The summed E-state index contributed by atoms with van der Waals surface area (Å²) in [5.41, 5.74) is 0.942. The molecule has 0 heterocycles. The summed E-state index contributed by atoms with van der Waals surface area (Å²) in [6.07, 6.45) is -0.464. The van der Waals surface area contributed by atoms with E-state index in [4.69, 9.17) is 42.6 Å². The standard InChI is InChI=1S/C26H45NO10/c1-2-29-10-11-31-14-15-33-18-19-35-22-23-36-21-20-34-17-16-32-13-12-30-9-8-27-26(28)37-24-25-6-4-3-5-7-25/h3-7H,2,8-24H2,1H3,(H,27,28). The molecule has 1 N–H and O–H groups in total. The number of carbonyl (C=O) groups excluding carboxylic acids is 1. The molecule has 0 aliphatic heterocycles. The average molecular weight is 532 g/mol. The van der Waals surface area contributed by atoms with Gasteiger partial charge < -0.3 is 47.9 Å². The molecule has 1 aromatic carbocycles. The number of rotatable bonds is 27. The molecular formula is C26H45NO10. The third-order valence-corrected chi connectivity index (χ3v) is 4.54. The van der Waals surface area contributed by atoms with E-state index in [1.165, 1.54) is 0 Å². The van der Waals surface area contributed by atoms with Crippen LogP contribution >= 0.6 is 0 Å². The van der Waals surface area contributed by atoms with E-state index in [2.05, 4.69) is 5.32 Å². The van der Waals surface area contributed by atoms with Gasteiger partial charge in [0.2, 0.25) is 0 Å². The first-order valence-electron chi connectivity index (χ1n) is 12.9. The number of hydrogen-bond donors (Lipinski definition) is 1. The third kappa shape index (κ3) is 24.3. The van der Waals surface area contributed by atoms with Gasteiger partial charge >= 0.3 is 6.09 Å². The van der Waals surface area contributed by atoms with Crippen molar-refractivity contribution in [2.45, 2.75) is 13.5 Å². The lowest BCUT2D eigenvalue weighted by atomic mass is 10.2. The summed E-state index contributed by atoms with van der Waals surface area (Å²) in [4.78, 5) is 11.6. The molecule has 1 aromatic rings. The maximum absolute atomic E-state index is 11.6. The Kier molecular flexibility index (Phi) is 24.4. The number of hydrogen-bond acceptors (Lipinski definition) is 10. The highest BCUT2D eigenvalue weighted by atomic mass is 16.6. The van der Waals surface area contributed by atoms with Crippen LogP contribution in [0.2, 0.25) is 0 Å². The largest absolute Gasteiger partial charge is 0.445 e. The van der Waals surface area contributed by atoms with Gasteiger partial charge in [-0.25, -0.2) is 4.79 Å². The molecule has 0 radical (unpaired) electrons. The van der Waals surface area contributed by atoms with Gasteiger partial charge in [-0.15, -0.1) is 0 Å². The van der Waals surface area contributed by atoms with Gasteiger partial charge in [-0.1, -0.05) is 30.3 Å². The topological polar surface area (TPSA) is 112 Å². The summed E-state index contributed by atoms with van der Waals surface area (Å²) in [7, 11) is 0. The Morgan fingerprint density at radius 1 is 0.568 bits per heavy atom. The highest BCUT2D eigenvalue weighted by Gasteiger charge is 2.01. The second-order valence-electron chi connectivity index (χ2n) is 7.47. The molecule has 11 heteroatoms. The SMILES string of the molecule is CCOCCOCCOCCOCCOCCOCCOCCOCCNC(=O)OCc1ccccc1. The Balaban J connectivity index is 1.67. The summed E-state index contributed by atoms with van der Waals surface area (Å²) in [5, 5.41) is 2.64. The highest BCUT2D eigenvalue weighted by molar-refractivity contribution is 5.67. The van der Waals surface area contributed by atoms with E-state index in [-0.39, 0.29) is 6.61 Å². The Morgan fingerprint density at radius 2 is 0.946 bits per heavy atom. The van der Waals surface area contributed by atoms with Gasteiger partial charge in [-0.3, -0.25) is 0 Å². The van der Waals surface area contributed by atoms with Crippen molar-refractivity contribution >= 4 is 6.09 Å². The molecule has 11 nitrogen and oxygen atoms in total. The molecule has 0 aliphatic rings. The fourth-order valence-electron chi connectivity index (χ4n) is 2.68. The van der Waals surface area contributed by atoms with Crippen LogP contribution in [-0.2, 0) is 49.2 Å². The zero-order valence-corrected chi connectivity index (χ0v) is 22.2. The van der Waals surface area contributed by atoms with Gasteiger partial charge in [-0.05, 0) is 12.5 Å². The molecule has 37 heavy (non-hydrogen) atoms. The molecule has 0 saturated carbocycles. The first kappa shape index (κ1) is 33.2. The van der Waals surface area contributed by atoms with Gasteiger partial charge in [0.1, 0.15) is 6.61 Å². The molecule has 214 valence electrons. The quantitative estimate of drug-likeness (QED) is 0.169. The van der Waals surface area contributed by atoms with E-state index < -0.39 is 6.09 Å². The molecule has 1 rings (SSSR count). The first-order chi connectivity index (χ1) is 18.3. The molecule has 0 aliphatic carbocycles. The Bertz CT molecular complexity index is 608. The number of carbonyl (C=O) groups is 1. The maximum Gasteiger partial charge on any atom is 0.407 e. The third-order valence-electron chi connectivity index (χ3n) is 4.54. The maximum atomic E-state index is 11.6. The van der Waals surface area contributed by atoms with Crippen LogP contribution < -0.4 is 5.32 Å². The van der Waals surface area contributed by atoms with Crippen LogP contribution in [0, 0.1) is 0 Å². The van der Waals surface area contributed by atoms with Crippen LogP contribution in [0.25, 0.3) is 0 Å². The molecular weight excluding hydrogens is 486 g/mol. The summed E-state index contributed by atoms with van der Waals surface area (Å²) < 4.78 is 48.2. The van der Waals surface area contributed by atoms with Crippen molar-refractivity contribution in [1.82, 2.24) is 5.32 Å². The summed E-state index contributed by atoms with van der Waals surface area (Å²) in [6.45, 7) is 10.9. The van der Waals surface area contributed by atoms with E-state index in [1.807, 2.05) is 37.3 Å². The number of ether oxygens (including phenoxy) is 9. The fraction of sp³-hybridized carbons (Fsp3) is 0.731. The number of amides is 1. The Morgan fingerprint density at radius 3 is 1.35 bits per heavy atom. The predicted molar refractivity (Wildman–Crippen MR) is 137 cm³/mol. The van der Waals surface area contributed by atoms with Gasteiger partial charge in [-0.2, -0.15) is 0 Å². The molecule has 0 unspecified atom stereocenters. The average Bonchev–Trinajstić information content (AvgIpc) is 2.92. The van der Waals surface area contributed by atoms with E-state index in [0.29, 0.717) is 112 Å². The van der Waals surface area contributed by atoms with Crippen molar-refractivity contribution in [3.05, 3.63) is 35.9 Å². The molecule has 0 saturated heterocycles. The summed E-state index contributed by atoms with van der Waals surface area (Å²) in [6, 6.07) is 9.51. The smallest absolute Gasteiger partial charge is 0.407 e. The van der Waals surface area contributed by atoms with Crippen molar-refractivity contribution in [3.8, 4) is 0 Å². The van der Waals surface area contributed by atoms with Crippen LogP contribution in [0.1, 0.15) is 12.5 Å². The monoisotopic (exact) mass is 531 g/mol. The zero-order valence-electron chi connectivity index (χ0n) is 22.2. The van der Waals surface area contributed by atoms with E-state index in [9.17, 15) is 4.79 Å². The minimum Gasteiger partial charge on any atom is -0.445 e. The summed E-state index contributed by atoms with van der Waals surface area (Å²) >= 11 is 0. The first-order valence-corrected chi connectivity index (χ1v) is 12.9. The lowest BCUT2D eigenvalue weighted by molar-refractivity contribution is -0.0227. The lowest BCUT2D eigenvalue weighted by Gasteiger charge is -2.09. The minimum atomic E-state index is -0.464. The van der Waals surface area contributed by atoms with Crippen molar-refractivity contribution in [2.75, 3.05) is 112 Å². The van der Waals surface area contributed by atoms with Crippen LogP contribution in [0.5, 0.6) is 0 Å². The number of alkyl carbamates (subject to hydrolysis) is 1. The van der Waals surface area contributed by atoms with Gasteiger partial charge in [0.25, 0.3) is 0 Å². The molecule has 0 spiro atoms. The molecule has 0 fully saturated rings. The van der Waals surface area contributed by atoms with Crippen molar-refractivity contribution < 1.29 is 47.4 Å². The molecule has 0 aromatic heterocycles. The molecule has 0 bridgehead atoms. The van der Waals surface area contributed by atoms with E-state index in [0.717, 1.165) is 5.56 Å². The van der Waals surface area contributed by atoms with Gasteiger partial charge in [0.15, 0.2) is 0 Å². The fourth-order valence-corrected chi connectivity index (χ4v) is 2.68. The van der Waals surface area contributed by atoms with Crippen molar-refractivity contribution in [3.63, 3.8) is 0 Å². The zero-order chi connectivity index (χ0) is 26.5.